The summed E-state index contributed by atoms with van der Waals surface area (Å²) in [6.45, 7) is 6.07. The molecule has 3 heterocycles. The summed E-state index contributed by atoms with van der Waals surface area (Å²) in [5, 5.41) is 6.98. The molecule has 2 fully saturated rings. The number of aliphatic imine (C=N–C) groups is 1. The largest absolute Gasteiger partial charge is 0.356 e. The molecule has 0 atom stereocenters. The molecular formula is C20H34N6O2S. The third kappa shape index (κ3) is 6.30. The van der Waals surface area contributed by atoms with E-state index in [1.54, 1.807) is 11.4 Å². The number of guanidine groups is 1. The van der Waals surface area contributed by atoms with E-state index in [2.05, 4.69) is 44.6 Å². The van der Waals surface area contributed by atoms with Gasteiger partial charge in [-0.15, -0.1) is 0 Å². The molecule has 2 aliphatic heterocycles. The third-order valence-corrected chi connectivity index (χ3v) is 7.18. The van der Waals surface area contributed by atoms with Crippen LogP contribution >= 0.6 is 0 Å². The van der Waals surface area contributed by atoms with E-state index in [0.29, 0.717) is 25.0 Å². The van der Waals surface area contributed by atoms with Gasteiger partial charge in [0.15, 0.2) is 5.96 Å². The van der Waals surface area contributed by atoms with Gasteiger partial charge in [0.2, 0.25) is 10.0 Å². The molecule has 2 saturated heterocycles. The maximum absolute atomic E-state index is 11.6. The molecule has 2 aliphatic rings. The van der Waals surface area contributed by atoms with Crippen molar-refractivity contribution in [3.63, 3.8) is 0 Å². The van der Waals surface area contributed by atoms with Gasteiger partial charge in [-0.05, 0) is 50.2 Å². The van der Waals surface area contributed by atoms with Crippen LogP contribution in [0.2, 0.25) is 0 Å². The number of sulfonamides is 1. The van der Waals surface area contributed by atoms with Gasteiger partial charge in [0.05, 0.1) is 6.26 Å². The SMILES string of the molecule is CN=C(NCC1CCN(S(C)(=O)=O)CC1)NC1CCN(c2ccc(C)cn2)CC1. The van der Waals surface area contributed by atoms with Crippen molar-refractivity contribution in [3.8, 4) is 0 Å². The van der Waals surface area contributed by atoms with Crippen molar-refractivity contribution in [2.24, 2.45) is 10.9 Å². The Kier molecular flexibility index (Phi) is 7.34. The second-order valence-corrected chi connectivity index (χ2v) is 10.1. The molecule has 0 saturated carbocycles. The van der Waals surface area contributed by atoms with Crippen LogP contribution in [0.4, 0.5) is 5.82 Å². The van der Waals surface area contributed by atoms with Crippen molar-refractivity contribution in [1.29, 1.82) is 0 Å². The summed E-state index contributed by atoms with van der Waals surface area (Å²) in [4.78, 5) is 11.2. The third-order valence-electron chi connectivity index (χ3n) is 5.88. The highest BCUT2D eigenvalue weighted by atomic mass is 32.2. The highest BCUT2D eigenvalue weighted by Gasteiger charge is 2.25. The first-order chi connectivity index (χ1) is 13.8. The van der Waals surface area contributed by atoms with Gasteiger partial charge in [-0.2, -0.15) is 0 Å². The Labute approximate surface area is 174 Å². The second kappa shape index (κ2) is 9.75. The van der Waals surface area contributed by atoms with Crippen molar-refractivity contribution in [2.45, 2.75) is 38.6 Å². The molecular weight excluding hydrogens is 388 g/mol. The summed E-state index contributed by atoms with van der Waals surface area (Å²) >= 11 is 0. The molecule has 3 rings (SSSR count). The van der Waals surface area contributed by atoms with Crippen molar-refractivity contribution >= 4 is 21.8 Å². The lowest BCUT2D eigenvalue weighted by molar-refractivity contribution is 0.274. The van der Waals surface area contributed by atoms with E-state index in [1.807, 2.05) is 6.20 Å². The van der Waals surface area contributed by atoms with E-state index in [9.17, 15) is 8.42 Å². The number of anilines is 1. The van der Waals surface area contributed by atoms with Gasteiger partial charge >= 0.3 is 0 Å². The highest BCUT2D eigenvalue weighted by molar-refractivity contribution is 7.88. The van der Waals surface area contributed by atoms with E-state index in [0.717, 1.165) is 57.1 Å². The van der Waals surface area contributed by atoms with E-state index in [-0.39, 0.29) is 0 Å². The summed E-state index contributed by atoms with van der Waals surface area (Å²) in [6.07, 6.45) is 7.08. The van der Waals surface area contributed by atoms with Crippen molar-refractivity contribution < 1.29 is 8.42 Å². The Hall–Kier alpha value is -1.87. The fourth-order valence-electron chi connectivity index (χ4n) is 3.97. The first kappa shape index (κ1) is 21.8. The van der Waals surface area contributed by atoms with Gasteiger partial charge in [-0.3, -0.25) is 4.99 Å². The molecule has 0 amide bonds. The quantitative estimate of drug-likeness (QED) is 0.547. The minimum atomic E-state index is -3.06. The molecule has 0 aliphatic carbocycles. The van der Waals surface area contributed by atoms with E-state index < -0.39 is 10.0 Å². The van der Waals surface area contributed by atoms with E-state index >= 15 is 0 Å². The van der Waals surface area contributed by atoms with Crippen molar-refractivity contribution in [1.82, 2.24) is 19.9 Å². The van der Waals surface area contributed by atoms with E-state index in [4.69, 9.17) is 0 Å². The average Bonchev–Trinajstić information content (AvgIpc) is 2.72. The maximum Gasteiger partial charge on any atom is 0.211 e. The fraction of sp³-hybridized carbons (Fsp3) is 0.700. The lowest BCUT2D eigenvalue weighted by Crippen LogP contribution is -2.50. The van der Waals surface area contributed by atoms with Crippen LogP contribution in [0.15, 0.2) is 23.3 Å². The second-order valence-electron chi connectivity index (χ2n) is 8.16. The summed E-state index contributed by atoms with van der Waals surface area (Å²) in [5.74, 6) is 2.36. The zero-order valence-corrected chi connectivity index (χ0v) is 18.6. The minimum absolute atomic E-state index is 0.398. The van der Waals surface area contributed by atoms with Crippen LogP contribution in [0, 0.1) is 12.8 Å². The number of hydrogen-bond donors (Lipinski definition) is 2. The van der Waals surface area contributed by atoms with E-state index in [1.165, 1.54) is 11.8 Å². The predicted octanol–water partition coefficient (Wildman–Crippen LogP) is 1.20. The molecule has 0 spiro atoms. The number of nitrogens with zero attached hydrogens (tertiary/aromatic N) is 4. The number of rotatable bonds is 5. The Morgan fingerprint density at radius 3 is 2.41 bits per heavy atom. The Morgan fingerprint density at radius 2 is 1.86 bits per heavy atom. The number of hydrogen-bond acceptors (Lipinski definition) is 5. The molecule has 2 N–H and O–H groups in total. The first-order valence-electron chi connectivity index (χ1n) is 10.4. The molecule has 0 unspecified atom stereocenters. The van der Waals surface area contributed by atoms with Crippen molar-refractivity contribution in [3.05, 3.63) is 23.9 Å². The van der Waals surface area contributed by atoms with Crippen LogP contribution in [0.5, 0.6) is 0 Å². The molecule has 0 bridgehead atoms. The van der Waals surface area contributed by atoms with Crippen LogP contribution in [0.1, 0.15) is 31.2 Å². The number of piperidine rings is 2. The molecule has 0 radical (unpaired) electrons. The van der Waals surface area contributed by atoms with Crippen LogP contribution in [0.25, 0.3) is 0 Å². The monoisotopic (exact) mass is 422 g/mol. The van der Waals surface area contributed by atoms with Crippen LogP contribution < -0.4 is 15.5 Å². The van der Waals surface area contributed by atoms with Crippen LogP contribution in [0.3, 0.4) is 0 Å². The number of aromatic nitrogens is 1. The Bertz CT molecular complexity index is 780. The summed E-state index contributed by atoms with van der Waals surface area (Å²) in [6, 6.07) is 4.60. The smallest absolute Gasteiger partial charge is 0.211 e. The molecule has 162 valence electrons. The lowest BCUT2D eigenvalue weighted by atomic mass is 9.98. The maximum atomic E-state index is 11.6. The molecule has 9 heteroatoms. The predicted molar refractivity (Wildman–Crippen MR) is 118 cm³/mol. The van der Waals surface area contributed by atoms with Gasteiger partial charge in [-0.25, -0.2) is 17.7 Å². The molecule has 0 aromatic carbocycles. The zero-order chi connectivity index (χ0) is 20.9. The standard InChI is InChI=1S/C20H34N6O2S/c1-16-4-5-19(22-14-16)25-10-8-18(9-11-25)24-20(21-2)23-15-17-6-12-26(13-7-17)29(3,27)28/h4-5,14,17-18H,6-13,15H2,1-3H3,(H2,21,23,24). The topological polar surface area (TPSA) is 89.9 Å². The van der Waals surface area contributed by atoms with Gasteiger partial charge in [-0.1, -0.05) is 6.07 Å². The average molecular weight is 423 g/mol. The first-order valence-corrected chi connectivity index (χ1v) is 12.3. The zero-order valence-electron chi connectivity index (χ0n) is 17.8. The molecule has 29 heavy (non-hydrogen) atoms. The lowest BCUT2D eigenvalue weighted by Gasteiger charge is -2.34. The van der Waals surface area contributed by atoms with Gasteiger partial charge in [0.25, 0.3) is 0 Å². The highest BCUT2D eigenvalue weighted by Crippen LogP contribution is 2.19. The van der Waals surface area contributed by atoms with Gasteiger partial charge in [0.1, 0.15) is 5.82 Å². The molecule has 8 nitrogen and oxygen atoms in total. The number of aryl methyl sites for hydroxylation is 1. The summed E-state index contributed by atoms with van der Waals surface area (Å²) < 4.78 is 24.8. The molecule has 1 aromatic rings. The summed E-state index contributed by atoms with van der Waals surface area (Å²) in [7, 11) is -1.26. The van der Waals surface area contributed by atoms with Gasteiger partial charge in [0, 0.05) is 52.0 Å². The number of pyridine rings is 1. The normalized spacial score (nSPS) is 20.7. The van der Waals surface area contributed by atoms with Crippen molar-refractivity contribution in [2.75, 3.05) is 50.9 Å². The number of nitrogens with one attached hydrogen (secondary N) is 2. The minimum Gasteiger partial charge on any atom is -0.356 e. The Balaban J connectivity index is 1.39. The fourth-order valence-corrected chi connectivity index (χ4v) is 4.85. The molecule has 1 aromatic heterocycles. The van der Waals surface area contributed by atoms with Crippen LogP contribution in [-0.2, 0) is 10.0 Å². The summed E-state index contributed by atoms with van der Waals surface area (Å²) in [5.41, 5.74) is 1.18. The van der Waals surface area contributed by atoms with Crippen LogP contribution in [-0.4, -0.2) is 75.7 Å². The van der Waals surface area contributed by atoms with Gasteiger partial charge < -0.3 is 15.5 Å². The Morgan fingerprint density at radius 1 is 1.17 bits per heavy atom.